The Morgan fingerprint density at radius 1 is 1.50 bits per heavy atom. The molecule has 0 heterocycles. The zero-order valence-corrected chi connectivity index (χ0v) is 9.52. The Kier molecular flexibility index (Phi) is 5.04. The summed E-state index contributed by atoms with van der Waals surface area (Å²) in [5.74, 6) is -0.192. The van der Waals surface area contributed by atoms with E-state index in [4.69, 9.17) is 5.73 Å². The van der Waals surface area contributed by atoms with E-state index in [0.29, 0.717) is 9.13 Å². The Balaban J connectivity index is 0.00000121. The van der Waals surface area contributed by atoms with Gasteiger partial charge in [-0.3, -0.25) is 0 Å². The number of hydrogen-bond acceptors (Lipinski definition) is 1. The van der Waals surface area contributed by atoms with E-state index in [2.05, 4.69) is 0 Å². The summed E-state index contributed by atoms with van der Waals surface area (Å²) >= 11 is 1.95. The fourth-order valence-corrected chi connectivity index (χ4v) is 1.39. The molecular weight excluding hydrogens is 291 g/mol. The second-order valence-electron chi connectivity index (χ2n) is 2.43. The quantitative estimate of drug-likeness (QED) is 0.793. The predicted molar refractivity (Wildman–Crippen MR) is 59.0 cm³/mol. The highest BCUT2D eigenvalue weighted by Gasteiger charge is 2.08. The van der Waals surface area contributed by atoms with Gasteiger partial charge < -0.3 is 5.73 Å². The summed E-state index contributed by atoms with van der Waals surface area (Å²) < 4.78 is 13.8. The van der Waals surface area contributed by atoms with Crippen molar-refractivity contribution < 1.29 is 4.39 Å². The first-order valence-corrected chi connectivity index (χ1v) is 4.40. The highest BCUT2D eigenvalue weighted by Crippen LogP contribution is 2.18. The molecule has 0 aliphatic carbocycles. The highest BCUT2D eigenvalue weighted by molar-refractivity contribution is 14.1. The SMILES string of the molecule is CC(N)c1cccc(I)c1F.Cl. The van der Waals surface area contributed by atoms with Crippen molar-refractivity contribution >= 4 is 35.0 Å². The second-order valence-corrected chi connectivity index (χ2v) is 3.59. The summed E-state index contributed by atoms with van der Waals surface area (Å²) in [6.45, 7) is 1.77. The lowest BCUT2D eigenvalue weighted by molar-refractivity contribution is 0.587. The van der Waals surface area contributed by atoms with Gasteiger partial charge in [-0.25, -0.2) is 4.39 Å². The molecule has 0 aliphatic rings. The zero-order valence-electron chi connectivity index (χ0n) is 6.55. The molecule has 0 amide bonds. The van der Waals surface area contributed by atoms with Gasteiger partial charge in [0.1, 0.15) is 5.82 Å². The van der Waals surface area contributed by atoms with Crippen LogP contribution in [0.25, 0.3) is 0 Å². The number of nitrogens with two attached hydrogens (primary N) is 1. The summed E-state index contributed by atoms with van der Waals surface area (Å²) in [5.41, 5.74) is 6.12. The highest BCUT2D eigenvalue weighted by atomic mass is 127. The van der Waals surface area contributed by atoms with Crippen LogP contribution in [0.2, 0.25) is 0 Å². The Hall–Kier alpha value is 0.130. The van der Waals surface area contributed by atoms with Gasteiger partial charge in [0.15, 0.2) is 0 Å². The molecule has 0 saturated carbocycles. The molecule has 0 bridgehead atoms. The third kappa shape index (κ3) is 2.57. The maximum atomic E-state index is 13.2. The van der Waals surface area contributed by atoms with E-state index < -0.39 is 0 Å². The minimum Gasteiger partial charge on any atom is -0.324 e. The maximum Gasteiger partial charge on any atom is 0.141 e. The monoisotopic (exact) mass is 301 g/mol. The van der Waals surface area contributed by atoms with Crippen LogP contribution in [-0.2, 0) is 0 Å². The predicted octanol–water partition coefficient (Wildman–Crippen LogP) is 2.87. The fraction of sp³-hybridized carbons (Fsp3) is 0.250. The average molecular weight is 302 g/mol. The van der Waals surface area contributed by atoms with Gasteiger partial charge in [-0.05, 0) is 35.6 Å². The van der Waals surface area contributed by atoms with Crippen molar-refractivity contribution in [3.8, 4) is 0 Å². The van der Waals surface area contributed by atoms with Gasteiger partial charge in [0.2, 0.25) is 0 Å². The van der Waals surface area contributed by atoms with Gasteiger partial charge in [-0.2, -0.15) is 0 Å². The molecule has 1 aromatic rings. The summed E-state index contributed by atoms with van der Waals surface area (Å²) in [4.78, 5) is 0. The number of rotatable bonds is 1. The van der Waals surface area contributed by atoms with E-state index in [1.165, 1.54) is 0 Å². The topological polar surface area (TPSA) is 26.0 Å². The van der Waals surface area contributed by atoms with E-state index in [1.807, 2.05) is 28.7 Å². The Labute approximate surface area is 91.1 Å². The van der Waals surface area contributed by atoms with Crippen molar-refractivity contribution in [2.24, 2.45) is 5.73 Å². The van der Waals surface area contributed by atoms with E-state index in [9.17, 15) is 4.39 Å². The van der Waals surface area contributed by atoms with E-state index in [-0.39, 0.29) is 24.3 Å². The molecule has 0 spiro atoms. The minimum absolute atomic E-state index is 0. The fourth-order valence-electron chi connectivity index (χ4n) is 0.872. The number of benzene rings is 1. The molecule has 0 fully saturated rings. The molecule has 0 radical (unpaired) electrons. The minimum atomic E-state index is -0.232. The normalized spacial score (nSPS) is 12.0. The third-order valence-electron chi connectivity index (χ3n) is 1.47. The summed E-state index contributed by atoms with van der Waals surface area (Å²) in [6.07, 6.45) is 0. The average Bonchev–Trinajstić information content (AvgIpc) is 1.94. The lowest BCUT2D eigenvalue weighted by Gasteiger charge is -2.06. The van der Waals surface area contributed by atoms with Gasteiger partial charge in [-0.15, -0.1) is 12.4 Å². The first kappa shape index (κ1) is 12.1. The summed E-state index contributed by atoms with van der Waals surface area (Å²) in [6, 6.07) is 5.01. The molecule has 1 rings (SSSR count). The number of hydrogen-bond donors (Lipinski definition) is 1. The summed E-state index contributed by atoms with van der Waals surface area (Å²) in [7, 11) is 0. The smallest absolute Gasteiger partial charge is 0.141 e. The van der Waals surface area contributed by atoms with Crippen LogP contribution in [0.15, 0.2) is 18.2 Å². The van der Waals surface area contributed by atoms with Gasteiger partial charge >= 0.3 is 0 Å². The van der Waals surface area contributed by atoms with Gasteiger partial charge in [-0.1, -0.05) is 12.1 Å². The van der Waals surface area contributed by atoms with Crippen LogP contribution in [-0.4, -0.2) is 0 Å². The van der Waals surface area contributed by atoms with Crippen LogP contribution in [0.1, 0.15) is 18.5 Å². The lowest BCUT2D eigenvalue weighted by Crippen LogP contribution is -2.07. The Morgan fingerprint density at radius 3 is 2.50 bits per heavy atom. The molecule has 1 aromatic carbocycles. The summed E-state index contributed by atoms with van der Waals surface area (Å²) in [5, 5.41) is 0. The Morgan fingerprint density at radius 2 is 2.08 bits per heavy atom. The number of halogens is 3. The van der Waals surface area contributed by atoms with Crippen molar-refractivity contribution in [2.75, 3.05) is 0 Å². The first-order chi connectivity index (χ1) is 5.13. The molecule has 12 heavy (non-hydrogen) atoms. The van der Waals surface area contributed by atoms with Crippen LogP contribution in [0, 0.1) is 9.39 Å². The van der Waals surface area contributed by atoms with Gasteiger partial charge in [0.25, 0.3) is 0 Å². The van der Waals surface area contributed by atoms with Crippen molar-refractivity contribution in [3.05, 3.63) is 33.1 Å². The molecule has 0 aromatic heterocycles. The van der Waals surface area contributed by atoms with Crippen LogP contribution in [0.3, 0.4) is 0 Å². The van der Waals surface area contributed by atoms with Crippen molar-refractivity contribution in [2.45, 2.75) is 13.0 Å². The van der Waals surface area contributed by atoms with Crippen LogP contribution in [0.4, 0.5) is 4.39 Å². The molecular formula is C8H10ClFIN. The zero-order chi connectivity index (χ0) is 8.43. The van der Waals surface area contributed by atoms with E-state index in [0.717, 1.165) is 0 Å². The molecule has 1 atom stereocenters. The van der Waals surface area contributed by atoms with Crippen molar-refractivity contribution in [1.29, 1.82) is 0 Å². The van der Waals surface area contributed by atoms with E-state index >= 15 is 0 Å². The van der Waals surface area contributed by atoms with Crippen molar-refractivity contribution in [3.63, 3.8) is 0 Å². The van der Waals surface area contributed by atoms with E-state index in [1.54, 1.807) is 19.1 Å². The molecule has 0 saturated heterocycles. The van der Waals surface area contributed by atoms with Gasteiger partial charge in [0.05, 0.1) is 0 Å². The van der Waals surface area contributed by atoms with Crippen LogP contribution in [0.5, 0.6) is 0 Å². The van der Waals surface area contributed by atoms with Crippen molar-refractivity contribution in [1.82, 2.24) is 0 Å². The molecule has 1 nitrogen and oxygen atoms in total. The van der Waals surface area contributed by atoms with Crippen LogP contribution < -0.4 is 5.73 Å². The standard InChI is InChI=1S/C8H9FIN.ClH/c1-5(11)6-3-2-4-7(10)8(6)9;/h2-5H,11H2,1H3;1H. The molecule has 68 valence electrons. The third-order valence-corrected chi connectivity index (χ3v) is 2.31. The molecule has 2 N–H and O–H groups in total. The maximum absolute atomic E-state index is 13.2. The molecule has 0 aliphatic heterocycles. The van der Waals surface area contributed by atoms with Crippen LogP contribution >= 0.6 is 35.0 Å². The molecule has 4 heteroatoms. The molecule has 1 unspecified atom stereocenters. The van der Waals surface area contributed by atoms with Gasteiger partial charge in [0, 0.05) is 15.2 Å². The first-order valence-electron chi connectivity index (χ1n) is 3.32. The largest absolute Gasteiger partial charge is 0.324 e. The Bertz CT molecular complexity index is 265. The lowest BCUT2D eigenvalue weighted by atomic mass is 10.1. The second kappa shape index (κ2) is 4.99.